The molecular weight excluding hydrogens is 214 g/mol. The Morgan fingerprint density at radius 1 is 1.29 bits per heavy atom. The van der Waals surface area contributed by atoms with Crippen molar-refractivity contribution in [1.82, 2.24) is 5.32 Å². The number of ether oxygens (including phenoxy) is 1. The number of nitrogens with one attached hydrogen (secondary N) is 1. The molecule has 3 nitrogen and oxygen atoms in total. The van der Waals surface area contributed by atoms with Gasteiger partial charge in [0.15, 0.2) is 0 Å². The molecule has 102 valence electrons. The van der Waals surface area contributed by atoms with Crippen LogP contribution in [0.1, 0.15) is 60.3 Å². The van der Waals surface area contributed by atoms with Gasteiger partial charge in [0, 0.05) is 0 Å². The van der Waals surface area contributed by atoms with Crippen molar-refractivity contribution in [2.45, 2.75) is 65.9 Å². The van der Waals surface area contributed by atoms with Gasteiger partial charge in [-0.2, -0.15) is 0 Å². The molecule has 0 saturated carbocycles. The molecule has 1 unspecified atom stereocenters. The quantitative estimate of drug-likeness (QED) is 0.666. The molecule has 0 heterocycles. The molecule has 0 radical (unpaired) electrons. The summed E-state index contributed by atoms with van der Waals surface area (Å²) in [6.07, 6.45) is 4.92. The first-order chi connectivity index (χ1) is 7.89. The Morgan fingerprint density at radius 2 is 1.94 bits per heavy atom. The first-order valence-corrected chi connectivity index (χ1v) is 6.81. The highest BCUT2D eigenvalue weighted by molar-refractivity contribution is 5.72. The van der Waals surface area contributed by atoms with E-state index in [4.69, 9.17) is 4.74 Å². The van der Waals surface area contributed by atoms with Crippen LogP contribution in [-0.2, 0) is 9.53 Å². The van der Waals surface area contributed by atoms with E-state index >= 15 is 0 Å². The van der Waals surface area contributed by atoms with Gasteiger partial charge in [0.25, 0.3) is 0 Å². The second kappa shape index (κ2) is 8.51. The third-order valence-electron chi connectivity index (χ3n) is 2.67. The van der Waals surface area contributed by atoms with Crippen molar-refractivity contribution in [1.29, 1.82) is 0 Å². The molecule has 0 aliphatic carbocycles. The number of hydrogen-bond acceptors (Lipinski definition) is 3. The average Bonchev–Trinajstić information content (AvgIpc) is 2.20. The van der Waals surface area contributed by atoms with Crippen molar-refractivity contribution < 1.29 is 9.53 Å². The summed E-state index contributed by atoms with van der Waals surface area (Å²) in [5.41, 5.74) is -0.384. The molecule has 0 aromatic carbocycles. The fourth-order valence-corrected chi connectivity index (χ4v) is 1.70. The number of rotatable bonds is 8. The molecule has 0 aliphatic heterocycles. The first kappa shape index (κ1) is 16.4. The Kier molecular flexibility index (Phi) is 8.23. The minimum atomic E-state index is -0.384. The molecule has 0 rings (SSSR count). The van der Waals surface area contributed by atoms with E-state index in [-0.39, 0.29) is 11.6 Å². The van der Waals surface area contributed by atoms with Gasteiger partial charge in [-0.05, 0) is 39.7 Å². The van der Waals surface area contributed by atoms with Gasteiger partial charge in [0.2, 0.25) is 0 Å². The maximum absolute atomic E-state index is 11.5. The monoisotopic (exact) mass is 243 g/mol. The van der Waals surface area contributed by atoms with E-state index in [0.717, 1.165) is 6.54 Å². The predicted octanol–water partition coefficient (Wildman–Crippen LogP) is 3.13. The Balaban J connectivity index is 3.70. The predicted molar refractivity (Wildman–Crippen MR) is 72.0 cm³/mol. The molecule has 0 bridgehead atoms. The zero-order valence-electron chi connectivity index (χ0n) is 12.1. The Labute approximate surface area is 106 Å². The van der Waals surface area contributed by atoms with Crippen molar-refractivity contribution in [3.8, 4) is 0 Å². The highest BCUT2D eigenvalue weighted by Crippen LogP contribution is 2.11. The Hall–Kier alpha value is -0.570. The van der Waals surface area contributed by atoms with Gasteiger partial charge in [-0.1, -0.05) is 33.1 Å². The van der Waals surface area contributed by atoms with Crippen LogP contribution in [0.25, 0.3) is 0 Å². The van der Waals surface area contributed by atoms with Crippen LogP contribution >= 0.6 is 0 Å². The SMILES string of the molecule is CCCCC(CC)CNCC(=O)OC(C)(C)C. The van der Waals surface area contributed by atoms with E-state index in [0.29, 0.717) is 12.5 Å². The molecule has 0 spiro atoms. The van der Waals surface area contributed by atoms with E-state index < -0.39 is 0 Å². The molecule has 3 heteroatoms. The highest BCUT2D eigenvalue weighted by Gasteiger charge is 2.16. The number of carbonyl (C=O) groups excluding carboxylic acids is 1. The lowest BCUT2D eigenvalue weighted by Gasteiger charge is -2.20. The zero-order chi connectivity index (χ0) is 13.3. The minimum Gasteiger partial charge on any atom is -0.459 e. The van der Waals surface area contributed by atoms with Gasteiger partial charge >= 0.3 is 5.97 Å². The van der Waals surface area contributed by atoms with E-state index in [9.17, 15) is 4.79 Å². The van der Waals surface area contributed by atoms with Crippen molar-refractivity contribution in [3.05, 3.63) is 0 Å². The maximum Gasteiger partial charge on any atom is 0.320 e. The molecule has 0 fully saturated rings. The summed E-state index contributed by atoms with van der Waals surface area (Å²) in [4.78, 5) is 11.5. The summed E-state index contributed by atoms with van der Waals surface area (Å²) >= 11 is 0. The number of unbranched alkanes of at least 4 members (excludes halogenated alkanes) is 1. The smallest absolute Gasteiger partial charge is 0.320 e. The number of esters is 1. The average molecular weight is 243 g/mol. The highest BCUT2D eigenvalue weighted by atomic mass is 16.6. The summed E-state index contributed by atoms with van der Waals surface area (Å²) in [6, 6.07) is 0. The summed E-state index contributed by atoms with van der Waals surface area (Å²) < 4.78 is 5.23. The number of carbonyl (C=O) groups is 1. The number of hydrogen-bond donors (Lipinski definition) is 1. The van der Waals surface area contributed by atoms with Gasteiger partial charge < -0.3 is 10.1 Å². The molecule has 0 aromatic rings. The summed E-state index contributed by atoms with van der Waals surface area (Å²) in [5, 5.41) is 3.19. The van der Waals surface area contributed by atoms with Crippen LogP contribution in [0, 0.1) is 5.92 Å². The molecule has 1 atom stereocenters. The van der Waals surface area contributed by atoms with Crippen LogP contribution in [0.5, 0.6) is 0 Å². The van der Waals surface area contributed by atoms with Crippen LogP contribution in [0.4, 0.5) is 0 Å². The lowest BCUT2D eigenvalue weighted by Crippen LogP contribution is -2.33. The van der Waals surface area contributed by atoms with Crippen molar-refractivity contribution in [2.24, 2.45) is 5.92 Å². The van der Waals surface area contributed by atoms with Gasteiger partial charge in [0.1, 0.15) is 5.60 Å². The summed E-state index contributed by atoms with van der Waals surface area (Å²) in [7, 11) is 0. The van der Waals surface area contributed by atoms with E-state index in [1.54, 1.807) is 0 Å². The van der Waals surface area contributed by atoms with Crippen LogP contribution in [0.2, 0.25) is 0 Å². The van der Waals surface area contributed by atoms with Gasteiger partial charge in [-0.25, -0.2) is 0 Å². The molecule has 0 amide bonds. The van der Waals surface area contributed by atoms with Crippen LogP contribution < -0.4 is 5.32 Å². The van der Waals surface area contributed by atoms with Gasteiger partial charge in [-0.15, -0.1) is 0 Å². The molecule has 0 aliphatic rings. The van der Waals surface area contributed by atoms with Crippen molar-refractivity contribution in [3.63, 3.8) is 0 Å². The largest absolute Gasteiger partial charge is 0.459 e. The van der Waals surface area contributed by atoms with Gasteiger partial charge in [-0.3, -0.25) is 4.79 Å². The van der Waals surface area contributed by atoms with Crippen LogP contribution in [0.3, 0.4) is 0 Å². The maximum atomic E-state index is 11.5. The van der Waals surface area contributed by atoms with Crippen LogP contribution in [0.15, 0.2) is 0 Å². The van der Waals surface area contributed by atoms with Gasteiger partial charge in [0.05, 0.1) is 6.54 Å². The van der Waals surface area contributed by atoms with E-state index in [2.05, 4.69) is 19.2 Å². The fraction of sp³-hybridized carbons (Fsp3) is 0.929. The van der Waals surface area contributed by atoms with E-state index in [1.807, 2.05) is 20.8 Å². The molecule has 0 saturated heterocycles. The minimum absolute atomic E-state index is 0.164. The standard InChI is InChI=1S/C14H29NO2/c1-6-8-9-12(7-2)10-15-11-13(16)17-14(3,4)5/h12,15H,6-11H2,1-5H3. The van der Waals surface area contributed by atoms with Crippen molar-refractivity contribution >= 4 is 5.97 Å². The van der Waals surface area contributed by atoms with Crippen LogP contribution in [-0.4, -0.2) is 24.7 Å². The summed E-state index contributed by atoms with van der Waals surface area (Å²) in [5.74, 6) is 0.514. The second-order valence-electron chi connectivity index (χ2n) is 5.63. The Morgan fingerprint density at radius 3 is 2.41 bits per heavy atom. The fourth-order valence-electron chi connectivity index (χ4n) is 1.70. The summed E-state index contributed by atoms with van der Waals surface area (Å²) in [6.45, 7) is 11.3. The normalized spacial score (nSPS) is 13.5. The second-order valence-corrected chi connectivity index (χ2v) is 5.63. The topological polar surface area (TPSA) is 38.3 Å². The third kappa shape index (κ3) is 10.3. The molecule has 1 N–H and O–H groups in total. The third-order valence-corrected chi connectivity index (χ3v) is 2.67. The lowest BCUT2D eigenvalue weighted by atomic mass is 9.99. The first-order valence-electron chi connectivity index (χ1n) is 6.81. The molecule has 0 aromatic heterocycles. The Bertz CT molecular complexity index is 209. The lowest BCUT2D eigenvalue weighted by molar-refractivity contribution is -0.153. The van der Waals surface area contributed by atoms with Crippen molar-refractivity contribution in [2.75, 3.05) is 13.1 Å². The molecule has 17 heavy (non-hydrogen) atoms. The molecular formula is C14H29NO2. The zero-order valence-corrected chi connectivity index (χ0v) is 12.1. The van der Waals surface area contributed by atoms with E-state index in [1.165, 1.54) is 25.7 Å².